The number of rotatable bonds is 4. The van der Waals surface area contributed by atoms with Crippen LogP contribution in [0.5, 0.6) is 0 Å². The molecule has 0 heterocycles. The van der Waals surface area contributed by atoms with Crippen LogP contribution in [-0.4, -0.2) is 12.0 Å². The van der Waals surface area contributed by atoms with Crippen molar-refractivity contribution < 1.29 is 4.74 Å². The Kier molecular flexibility index (Phi) is 2.69. The van der Waals surface area contributed by atoms with E-state index in [-0.39, 0.29) is 0 Å². The molecule has 0 N–H and O–H groups in total. The van der Waals surface area contributed by atoms with Crippen molar-refractivity contribution >= 4 is 11.8 Å². The van der Waals surface area contributed by atoms with Gasteiger partial charge in [-0.25, -0.2) is 0 Å². The molecular weight excluding hydrogens is 168 g/mol. The van der Waals surface area contributed by atoms with Crippen molar-refractivity contribution in [3.8, 4) is 0 Å². The normalized spacial score (nSPS) is 16.3. The highest BCUT2D eigenvalue weighted by atomic mass is 32.2. The minimum Gasteiger partial charge on any atom is -0.367 e. The zero-order valence-electron chi connectivity index (χ0n) is 6.90. The van der Waals surface area contributed by atoms with Gasteiger partial charge in [0.1, 0.15) is 0 Å². The SMILES string of the molecule is c1ccc(SCOC2CC2)cc1. The third kappa shape index (κ3) is 2.54. The van der Waals surface area contributed by atoms with E-state index in [1.807, 2.05) is 6.07 Å². The van der Waals surface area contributed by atoms with Crippen LogP contribution in [0.1, 0.15) is 12.8 Å². The second-order valence-electron chi connectivity index (χ2n) is 2.94. The van der Waals surface area contributed by atoms with Gasteiger partial charge >= 0.3 is 0 Å². The molecule has 0 unspecified atom stereocenters. The van der Waals surface area contributed by atoms with Crippen molar-refractivity contribution in [2.75, 3.05) is 5.94 Å². The van der Waals surface area contributed by atoms with Crippen LogP contribution in [0.15, 0.2) is 35.2 Å². The Labute approximate surface area is 77.1 Å². The summed E-state index contributed by atoms with van der Waals surface area (Å²) in [5, 5.41) is 0. The Morgan fingerprint density at radius 2 is 2.00 bits per heavy atom. The lowest BCUT2D eigenvalue weighted by Gasteiger charge is -2.00. The monoisotopic (exact) mass is 180 g/mol. The van der Waals surface area contributed by atoms with Crippen molar-refractivity contribution in [1.29, 1.82) is 0 Å². The quantitative estimate of drug-likeness (QED) is 0.520. The maximum atomic E-state index is 5.52. The van der Waals surface area contributed by atoms with E-state index in [1.165, 1.54) is 17.7 Å². The number of thioether (sulfide) groups is 1. The predicted molar refractivity (Wildman–Crippen MR) is 51.3 cm³/mol. The minimum atomic E-state index is 0.571. The van der Waals surface area contributed by atoms with Gasteiger partial charge in [-0.1, -0.05) is 30.0 Å². The van der Waals surface area contributed by atoms with E-state index in [2.05, 4.69) is 24.3 Å². The average Bonchev–Trinajstić information content (AvgIpc) is 2.90. The Morgan fingerprint density at radius 3 is 2.67 bits per heavy atom. The standard InChI is InChI=1S/C10H12OS/c1-2-4-10(5-3-1)12-8-11-9-6-7-9/h1-5,9H,6-8H2. The topological polar surface area (TPSA) is 9.23 Å². The lowest BCUT2D eigenvalue weighted by Crippen LogP contribution is -1.91. The van der Waals surface area contributed by atoms with Crippen LogP contribution >= 0.6 is 11.8 Å². The van der Waals surface area contributed by atoms with Gasteiger partial charge in [0.25, 0.3) is 0 Å². The van der Waals surface area contributed by atoms with Crippen LogP contribution in [-0.2, 0) is 4.74 Å². The molecule has 2 rings (SSSR count). The van der Waals surface area contributed by atoms with Gasteiger partial charge in [-0.05, 0) is 25.0 Å². The first-order chi connectivity index (χ1) is 5.95. The van der Waals surface area contributed by atoms with Crippen LogP contribution in [0.2, 0.25) is 0 Å². The van der Waals surface area contributed by atoms with Gasteiger partial charge in [0, 0.05) is 4.90 Å². The summed E-state index contributed by atoms with van der Waals surface area (Å²) in [7, 11) is 0. The third-order valence-corrected chi connectivity index (χ3v) is 2.66. The molecule has 0 radical (unpaired) electrons. The van der Waals surface area contributed by atoms with Gasteiger partial charge in [0.05, 0.1) is 12.0 Å². The van der Waals surface area contributed by atoms with Gasteiger partial charge in [0.2, 0.25) is 0 Å². The summed E-state index contributed by atoms with van der Waals surface area (Å²) in [5.74, 6) is 0.800. The number of ether oxygens (including phenoxy) is 1. The molecule has 0 spiro atoms. The zero-order valence-corrected chi connectivity index (χ0v) is 7.72. The van der Waals surface area contributed by atoms with E-state index in [9.17, 15) is 0 Å². The molecule has 1 aliphatic rings. The maximum absolute atomic E-state index is 5.52. The van der Waals surface area contributed by atoms with Crippen molar-refractivity contribution in [1.82, 2.24) is 0 Å². The molecule has 1 nitrogen and oxygen atoms in total. The number of hydrogen-bond acceptors (Lipinski definition) is 2. The summed E-state index contributed by atoms with van der Waals surface area (Å²) in [4.78, 5) is 1.29. The van der Waals surface area contributed by atoms with Crippen LogP contribution in [0, 0.1) is 0 Å². The highest BCUT2D eigenvalue weighted by molar-refractivity contribution is 7.99. The number of hydrogen-bond donors (Lipinski definition) is 0. The smallest absolute Gasteiger partial charge is 0.0970 e. The van der Waals surface area contributed by atoms with Crippen LogP contribution < -0.4 is 0 Å². The molecule has 0 aromatic heterocycles. The van der Waals surface area contributed by atoms with Crippen LogP contribution in [0.3, 0.4) is 0 Å². The van der Waals surface area contributed by atoms with Gasteiger partial charge in [-0.15, -0.1) is 0 Å². The second kappa shape index (κ2) is 3.97. The molecule has 1 aliphatic carbocycles. The first kappa shape index (κ1) is 8.14. The summed E-state index contributed by atoms with van der Waals surface area (Å²) >= 11 is 1.77. The van der Waals surface area contributed by atoms with Crippen molar-refractivity contribution in [2.24, 2.45) is 0 Å². The average molecular weight is 180 g/mol. The van der Waals surface area contributed by atoms with Crippen LogP contribution in [0.25, 0.3) is 0 Å². The van der Waals surface area contributed by atoms with Crippen molar-refractivity contribution in [2.45, 2.75) is 23.8 Å². The Morgan fingerprint density at radius 1 is 1.25 bits per heavy atom. The Bertz CT molecular complexity index is 231. The maximum Gasteiger partial charge on any atom is 0.0970 e. The van der Waals surface area contributed by atoms with Gasteiger partial charge in [-0.3, -0.25) is 0 Å². The van der Waals surface area contributed by atoms with E-state index in [0.29, 0.717) is 6.10 Å². The second-order valence-corrected chi connectivity index (χ2v) is 3.94. The molecule has 0 aliphatic heterocycles. The van der Waals surface area contributed by atoms with E-state index >= 15 is 0 Å². The van der Waals surface area contributed by atoms with Crippen LogP contribution in [0.4, 0.5) is 0 Å². The highest BCUT2D eigenvalue weighted by Crippen LogP contribution is 2.26. The predicted octanol–water partition coefficient (Wildman–Crippen LogP) is 2.92. The fourth-order valence-corrected chi connectivity index (χ4v) is 1.70. The molecule has 1 saturated carbocycles. The lowest BCUT2D eigenvalue weighted by atomic mass is 10.4. The molecule has 12 heavy (non-hydrogen) atoms. The Hall–Kier alpha value is -0.470. The van der Waals surface area contributed by atoms with Gasteiger partial charge in [0.15, 0.2) is 0 Å². The Balaban J connectivity index is 1.72. The summed E-state index contributed by atoms with van der Waals surface area (Å²) in [6.07, 6.45) is 3.09. The molecule has 2 heteroatoms. The first-order valence-corrected chi connectivity index (χ1v) is 5.23. The van der Waals surface area contributed by atoms with Gasteiger partial charge < -0.3 is 4.74 Å². The molecule has 0 atom stereocenters. The van der Waals surface area contributed by atoms with E-state index in [1.54, 1.807) is 11.8 Å². The van der Waals surface area contributed by atoms with E-state index < -0.39 is 0 Å². The van der Waals surface area contributed by atoms with Crippen molar-refractivity contribution in [3.05, 3.63) is 30.3 Å². The fraction of sp³-hybridized carbons (Fsp3) is 0.400. The third-order valence-electron chi connectivity index (χ3n) is 1.80. The summed E-state index contributed by atoms with van der Waals surface area (Å²) < 4.78 is 5.52. The highest BCUT2D eigenvalue weighted by Gasteiger charge is 2.21. The summed E-state index contributed by atoms with van der Waals surface area (Å²) in [6.45, 7) is 0. The van der Waals surface area contributed by atoms with Crippen molar-refractivity contribution in [3.63, 3.8) is 0 Å². The molecule has 0 bridgehead atoms. The van der Waals surface area contributed by atoms with E-state index in [4.69, 9.17) is 4.74 Å². The van der Waals surface area contributed by atoms with Gasteiger partial charge in [-0.2, -0.15) is 0 Å². The first-order valence-electron chi connectivity index (χ1n) is 4.24. The molecule has 1 aromatic rings. The molecule has 0 amide bonds. The largest absolute Gasteiger partial charge is 0.367 e. The number of benzene rings is 1. The fourth-order valence-electron chi connectivity index (χ4n) is 0.950. The summed E-state index contributed by atoms with van der Waals surface area (Å²) in [5.41, 5.74) is 0. The molecule has 1 fully saturated rings. The minimum absolute atomic E-state index is 0.571. The molecule has 0 saturated heterocycles. The lowest BCUT2D eigenvalue weighted by molar-refractivity contribution is 0.167. The molecule has 1 aromatic carbocycles. The molecule has 64 valence electrons. The van der Waals surface area contributed by atoms with E-state index in [0.717, 1.165) is 5.94 Å². The summed E-state index contributed by atoms with van der Waals surface area (Å²) in [6, 6.07) is 10.4. The zero-order chi connectivity index (χ0) is 8.23. The molecular formula is C10H12OS.